The highest BCUT2D eigenvalue weighted by atomic mass is 79.9. The lowest BCUT2D eigenvalue weighted by atomic mass is 10.2. The second-order valence-electron chi connectivity index (χ2n) is 5.74. The van der Waals surface area contributed by atoms with Crippen LogP contribution in [0.5, 0.6) is 0 Å². The summed E-state index contributed by atoms with van der Waals surface area (Å²) < 4.78 is 2.90. The van der Waals surface area contributed by atoms with Crippen LogP contribution in [-0.2, 0) is 11.8 Å². The van der Waals surface area contributed by atoms with Gasteiger partial charge in [-0.15, -0.1) is 10.2 Å². The summed E-state index contributed by atoms with van der Waals surface area (Å²) in [6, 6.07) is 17.4. The molecule has 0 aliphatic rings. The van der Waals surface area contributed by atoms with Crippen molar-refractivity contribution in [2.24, 2.45) is 7.05 Å². The molecule has 0 aliphatic heterocycles. The predicted octanol–water partition coefficient (Wildman–Crippen LogP) is 4.75. The molecule has 0 bridgehead atoms. The number of hydrogen-bond acceptors (Lipinski definition) is 4. The molecule has 1 unspecified atom stereocenters. The van der Waals surface area contributed by atoms with E-state index in [2.05, 4.69) is 31.4 Å². The number of halogens is 1. The number of hydrogen-bond donors (Lipinski definition) is 1. The molecule has 7 heteroatoms. The molecule has 0 saturated heterocycles. The number of carbonyl (C=O) groups excluding carboxylic acids is 1. The molecule has 1 atom stereocenters. The molecule has 26 heavy (non-hydrogen) atoms. The smallest absolute Gasteiger partial charge is 0.237 e. The molecular weight excluding hydrogens is 412 g/mol. The van der Waals surface area contributed by atoms with Gasteiger partial charge in [0.05, 0.1) is 5.25 Å². The lowest BCUT2D eigenvalue weighted by Crippen LogP contribution is -2.25. The highest BCUT2D eigenvalue weighted by molar-refractivity contribution is 9.10. The summed E-state index contributed by atoms with van der Waals surface area (Å²) in [6.07, 6.45) is 0.695. The van der Waals surface area contributed by atoms with Crippen molar-refractivity contribution in [3.63, 3.8) is 0 Å². The van der Waals surface area contributed by atoms with Crippen molar-refractivity contribution in [3.8, 4) is 11.4 Å². The Kier molecular flexibility index (Phi) is 6.11. The monoisotopic (exact) mass is 430 g/mol. The maximum absolute atomic E-state index is 12.6. The molecule has 3 rings (SSSR count). The van der Waals surface area contributed by atoms with Crippen LogP contribution in [0.2, 0.25) is 0 Å². The normalized spacial score (nSPS) is 12.0. The first-order valence-corrected chi connectivity index (χ1v) is 9.93. The Balaban J connectivity index is 1.73. The summed E-state index contributed by atoms with van der Waals surface area (Å²) in [5, 5.41) is 12.0. The molecule has 134 valence electrons. The molecule has 1 amide bonds. The van der Waals surface area contributed by atoms with Crippen molar-refractivity contribution < 1.29 is 4.79 Å². The summed E-state index contributed by atoms with van der Waals surface area (Å²) in [6.45, 7) is 1.99. The van der Waals surface area contributed by atoms with Crippen LogP contribution in [0.1, 0.15) is 13.3 Å². The number of amides is 1. The van der Waals surface area contributed by atoms with Gasteiger partial charge < -0.3 is 9.88 Å². The number of carbonyl (C=O) groups is 1. The molecule has 1 heterocycles. The minimum absolute atomic E-state index is 0.0379. The van der Waals surface area contributed by atoms with E-state index in [1.165, 1.54) is 11.8 Å². The Morgan fingerprint density at radius 3 is 2.50 bits per heavy atom. The Hall–Kier alpha value is -2.12. The number of aromatic nitrogens is 3. The van der Waals surface area contributed by atoms with Crippen molar-refractivity contribution in [1.82, 2.24) is 14.8 Å². The van der Waals surface area contributed by atoms with E-state index in [0.717, 1.165) is 26.7 Å². The van der Waals surface area contributed by atoms with Crippen LogP contribution in [0, 0.1) is 0 Å². The predicted molar refractivity (Wildman–Crippen MR) is 109 cm³/mol. The average molecular weight is 431 g/mol. The number of benzene rings is 2. The van der Waals surface area contributed by atoms with Gasteiger partial charge in [-0.25, -0.2) is 0 Å². The van der Waals surface area contributed by atoms with Crippen LogP contribution in [0.15, 0.2) is 64.2 Å². The second kappa shape index (κ2) is 8.51. The molecule has 0 spiro atoms. The number of anilines is 1. The zero-order valence-electron chi connectivity index (χ0n) is 14.5. The van der Waals surface area contributed by atoms with Gasteiger partial charge in [0, 0.05) is 22.8 Å². The Bertz CT molecular complexity index is 880. The van der Waals surface area contributed by atoms with Gasteiger partial charge in [0.25, 0.3) is 0 Å². The maximum Gasteiger partial charge on any atom is 0.237 e. The molecule has 5 nitrogen and oxygen atoms in total. The molecule has 2 aromatic carbocycles. The van der Waals surface area contributed by atoms with Gasteiger partial charge in [-0.05, 0) is 30.7 Å². The van der Waals surface area contributed by atoms with Gasteiger partial charge in [0.15, 0.2) is 11.0 Å². The van der Waals surface area contributed by atoms with Gasteiger partial charge in [0.2, 0.25) is 5.91 Å². The summed E-state index contributed by atoms with van der Waals surface area (Å²) >= 11 is 4.82. The fourth-order valence-corrected chi connectivity index (χ4v) is 3.65. The first-order chi connectivity index (χ1) is 12.6. The number of thioether (sulfide) groups is 1. The van der Waals surface area contributed by atoms with E-state index in [-0.39, 0.29) is 11.2 Å². The zero-order valence-corrected chi connectivity index (χ0v) is 16.9. The molecule has 1 N–H and O–H groups in total. The third-order valence-corrected chi connectivity index (χ3v) is 5.82. The average Bonchev–Trinajstić information content (AvgIpc) is 3.02. The van der Waals surface area contributed by atoms with Gasteiger partial charge in [-0.3, -0.25) is 4.79 Å². The Morgan fingerprint density at radius 1 is 1.15 bits per heavy atom. The van der Waals surface area contributed by atoms with E-state index in [4.69, 9.17) is 0 Å². The quantitative estimate of drug-likeness (QED) is 0.572. The highest BCUT2D eigenvalue weighted by Crippen LogP contribution is 2.28. The number of rotatable bonds is 6. The summed E-state index contributed by atoms with van der Waals surface area (Å²) in [7, 11) is 1.92. The molecule has 0 fully saturated rings. The SMILES string of the molecule is CCC(Sc1nnc(-c2ccccc2)n1C)C(=O)Nc1ccc(Br)cc1. The van der Waals surface area contributed by atoms with Gasteiger partial charge in [0.1, 0.15) is 0 Å². The molecule has 1 aromatic heterocycles. The highest BCUT2D eigenvalue weighted by Gasteiger charge is 2.22. The van der Waals surface area contributed by atoms with Crippen molar-refractivity contribution in [3.05, 3.63) is 59.1 Å². The lowest BCUT2D eigenvalue weighted by Gasteiger charge is -2.14. The fraction of sp³-hybridized carbons (Fsp3) is 0.211. The standard InChI is InChI=1S/C19H19BrN4OS/c1-3-16(18(25)21-15-11-9-14(20)10-12-15)26-19-23-22-17(24(19)2)13-7-5-4-6-8-13/h4-12,16H,3H2,1-2H3,(H,21,25). The van der Waals surface area contributed by atoms with Gasteiger partial charge >= 0.3 is 0 Å². The van der Waals surface area contributed by atoms with Crippen LogP contribution in [0.3, 0.4) is 0 Å². The molecule has 3 aromatic rings. The van der Waals surface area contributed by atoms with Crippen molar-refractivity contribution in [2.45, 2.75) is 23.8 Å². The number of nitrogens with one attached hydrogen (secondary N) is 1. The van der Waals surface area contributed by atoms with Crippen LogP contribution in [0.4, 0.5) is 5.69 Å². The van der Waals surface area contributed by atoms with Gasteiger partial charge in [-0.1, -0.05) is 64.9 Å². The molecule has 0 radical (unpaired) electrons. The Morgan fingerprint density at radius 2 is 1.85 bits per heavy atom. The second-order valence-corrected chi connectivity index (χ2v) is 7.83. The minimum Gasteiger partial charge on any atom is -0.325 e. The summed E-state index contributed by atoms with van der Waals surface area (Å²) in [4.78, 5) is 12.6. The maximum atomic E-state index is 12.6. The van der Waals surface area contributed by atoms with E-state index in [0.29, 0.717) is 6.42 Å². The van der Waals surface area contributed by atoms with Crippen molar-refractivity contribution >= 4 is 39.3 Å². The fourth-order valence-electron chi connectivity index (χ4n) is 2.46. The molecule has 0 saturated carbocycles. The number of nitrogens with zero attached hydrogens (tertiary/aromatic N) is 3. The van der Waals surface area contributed by atoms with Crippen molar-refractivity contribution in [1.29, 1.82) is 0 Å². The third-order valence-electron chi connectivity index (χ3n) is 3.89. The largest absolute Gasteiger partial charge is 0.325 e. The first-order valence-electron chi connectivity index (χ1n) is 8.26. The third kappa shape index (κ3) is 4.34. The van der Waals surface area contributed by atoms with E-state index >= 15 is 0 Å². The van der Waals surface area contributed by atoms with Crippen LogP contribution in [-0.4, -0.2) is 25.9 Å². The zero-order chi connectivity index (χ0) is 18.5. The first kappa shape index (κ1) is 18.7. The Labute approximate surface area is 165 Å². The summed E-state index contributed by atoms with van der Waals surface area (Å²) in [5.74, 6) is 0.750. The summed E-state index contributed by atoms with van der Waals surface area (Å²) in [5.41, 5.74) is 1.78. The molecule has 0 aliphatic carbocycles. The van der Waals surface area contributed by atoms with E-state index < -0.39 is 0 Å². The van der Waals surface area contributed by atoms with Crippen LogP contribution in [0.25, 0.3) is 11.4 Å². The van der Waals surface area contributed by atoms with Crippen molar-refractivity contribution in [2.75, 3.05) is 5.32 Å². The van der Waals surface area contributed by atoms with E-state index in [9.17, 15) is 4.79 Å². The lowest BCUT2D eigenvalue weighted by molar-refractivity contribution is -0.115. The van der Waals surface area contributed by atoms with Crippen LogP contribution < -0.4 is 5.32 Å². The molecular formula is C19H19BrN4OS. The van der Waals surface area contributed by atoms with Gasteiger partial charge in [-0.2, -0.15) is 0 Å². The van der Waals surface area contributed by atoms with E-state index in [1.807, 2.05) is 73.1 Å². The topological polar surface area (TPSA) is 59.8 Å². The van der Waals surface area contributed by atoms with E-state index in [1.54, 1.807) is 0 Å². The van der Waals surface area contributed by atoms with Crippen LogP contribution >= 0.6 is 27.7 Å². The minimum atomic E-state index is -0.245.